The minimum absolute atomic E-state index is 0.167. The second kappa shape index (κ2) is 9.06. The zero-order valence-electron chi connectivity index (χ0n) is 13.8. The minimum atomic E-state index is 0.167. The lowest BCUT2D eigenvalue weighted by atomic mass is 9.95. The van der Waals surface area contributed by atoms with Gasteiger partial charge in [0.05, 0.1) is 0 Å². The molecule has 2 heteroatoms. The number of aldehydes is 1. The van der Waals surface area contributed by atoms with E-state index in [9.17, 15) is 4.79 Å². The minimum Gasteiger partial charge on any atom is -0.303 e. The number of nitrogens with zero attached hydrogens (tertiary/aromatic N) is 1. The highest BCUT2D eigenvalue weighted by Crippen LogP contribution is 2.20. The van der Waals surface area contributed by atoms with Crippen molar-refractivity contribution in [3.05, 3.63) is 84.4 Å². The van der Waals surface area contributed by atoms with Gasteiger partial charge in [-0.25, -0.2) is 0 Å². The molecule has 23 heavy (non-hydrogen) atoms. The molecule has 0 fully saturated rings. The van der Waals surface area contributed by atoms with Crippen molar-refractivity contribution in [1.82, 2.24) is 4.90 Å². The second-order valence-electron chi connectivity index (χ2n) is 5.92. The fourth-order valence-corrected chi connectivity index (χ4v) is 2.85. The molecule has 0 N–H and O–H groups in total. The first-order valence-electron chi connectivity index (χ1n) is 8.12. The van der Waals surface area contributed by atoms with Crippen molar-refractivity contribution in [3.8, 4) is 0 Å². The third-order valence-electron chi connectivity index (χ3n) is 4.32. The highest BCUT2D eigenvalue weighted by Gasteiger charge is 2.21. The van der Waals surface area contributed by atoms with Crippen LogP contribution in [0.5, 0.6) is 0 Å². The van der Waals surface area contributed by atoms with Gasteiger partial charge in [-0.1, -0.05) is 66.7 Å². The molecule has 0 heterocycles. The van der Waals surface area contributed by atoms with Gasteiger partial charge in [0.1, 0.15) is 6.29 Å². The summed E-state index contributed by atoms with van der Waals surface area (Å²) in [7, 11) is 0. The third kappa shape index (κ3) is 5.19. The van der Waals surface area contributed by atoms with Crippen LogP contribution in [0, 0.1) is 5.92 Å². The number of hydrogen-bond donors (Lipinski definition) is 0. The summed E-state index contributed by atoms with van der Waals surface area (Å²) >= 11 is 0. The Morgan fingerprint density at radius 2 is 1.43 bits per heavy atom. The lowest BCUT2D eigenvalue weighted by Crippen LogP contribution is -2.37. The van der Waals surface area contributed by atoms with Crippen molar-refractivity contribution in [2.45, 2.75) is 32.5 Å². The normalized spacial score (nSPS) is 13.5. The quantitative estimate of drug-likeness (QED) is 0.503. The van der Waals surface area contributed by atoms with E-state index in [0.717, 1.165) is 19.4 Å². The molecular weight excluding hydrogens is 282 g/mol. The molecule has 0 aliphatic heterocycles. The van der Waals surface area contributed by atoms with Crippen LogP contribution in [0.2, 0.25) is 0 Å². The number of carbonyl (C=O) groups is 1. The Hall–Kier alpha value is -2.19. The molecule has 2 atom stereocenters. The van der Waals surface area contributed by atoms with Crippen LogP contribution >= 0.6 is 0 Å². The Kier molecular flexibility index (Phi) is 6.76. The van der Waals surface area contributed by atoms with Gasteiger partial charge in [0.15, 0.2) is 0 Å². The van der Waals surface area contributed by atoms with Gasteiger partial charge in [-0.05, 0) is 24.0 Å². The molecule has 0 saturated carbocycles. The summed E-state index contributed by atoms with van der Waals surface area (Å²) in [5.41, 5.74) is 2.56. The summed E-state index contributed by atoms with van der Waals surface area (Å²) in [6.45, 7) is 7.82. The zero-order chi connectivity index (χ0) is 16.5. The number of rotatable bonds is 9. The van der Waals surface area contributed by atoms with E-state index in [0.29, 0.717) is 6.42 Å². The molecule has 0 amide bonds. The van der Waals surface area contributed by atoms with E-state index in [4.69, 9.17) is 0 Å². The van der Waals surface area contributed by atoms with E-state index in [2.05, 4.69) is 66.9 Å². The van der Waals surface area contributed by atoms with Crippen molar-refractivity contribution < 1.29 is 4.79 Å². The standard InChI is InChI=1S/C21H25NO/c1-3-21(14-15-23)18(2)22(16-19-10-6-4-7-11-19)17-20-12-8-5-9-13-20/h3-13,15,18,21H,1,14,16-17H2,2H3/t18-,21-/m0/s1. The van der Waals surface area contributed by atoms with E-state index in [-0.39, 0.29) is 12.0 Å². The Morgan fingerprint density at radius 3 is 1.83 bits per heavy atom. The van der Waals surface area contributed by atoms with Crippen molar-refractivity contribution in [2.75, 3.05) is 0 Å². The molecule has 0 bridgehead atoms. The predicted octanol–water partition coefficient (Wildman–Crippen LogP) is 4.47. The van der Waals surface area contributed by atoms with E-state index < -0.39 is 0 Å². The van der Waals surface area contributed by atoms with Gasteiger partial charge in [0, 0.05) is 25.6 Å². The summed E-state index contributed by atoms with van der Waals surface area (Å²) < 4.78 is 0. The largest absolute Gasteiger partial charge is 0.303 e. The summed E-state index contributed by atoms with van der Waals surface area (Å²) in [6, 6.07) is 21.2. The van der Waals surface area contributed by atoms with Gasteiger partial charge in [0.25, 0.3) is 0 Å². The first-order chi connectivity index (χ1) is 11.2. The fraction of sp³-hybridized carbons (Fsp3) is 0.286. The highest BCUT2D eigenvalue weighted by atomic mass is 16.1. The van der Waals surface area contributed by atoms with Gasteiger partial charge in [0.2, 0.25) is 0 Å². The van der Waals surface area contributed by atoms with E-state index in [1.807, 2.05) is 18.2 Å². The zero-order valence-corrected chi connectivity index (χ0v) is 13.8. The van der Waals surface area contributed by atoms with E-state index in [1.165, 1.54) is 11.1 Å². The smallest absolute Gasteiger partial charge is 0.120 e. The maximum absolute atomic E-state index is 11.0. The Morgan fingerprint density at radius 1 is 0.957 bits per heavy atom. The summed E-state index contributed by atoms with van der Waals surface area (Å²) in [5.74, 6) is 0.167. The van der Waals surface area contributed by atoms with Crippen LogP contribution in [0.3, 0.4) is 0 Å². The second-order valence-corrected chi connectivity index (χ2v) is 5.92. The van der Waals surface area contributed by atoms with Gasteiger partial charge < -0.3 is 4.79 Å². The molecule has 2 aromatic rings. The molecule has 0 radical (unpaired) electrons. The number of carbonyl (C=O) groups excluding carboxylic acids is 1. The number of benzene rings is 2. The predicted molar refractivity (Wildman–Crippen MR) is 96.0 cm³/mol. The first kappa shape index (κ1) is 17.2. The fourth-order valence-electron chi connectivity index (χ4n) is 2.85. The molecule has 2 rings (SSSR count). The number of hydrogen-bond acceptors (Lipinski definition) is 2. The highest BCUT2D eigenvalue weighted by molar-refractivity contribution is 5.50. The SMILES string of the molecule is C=C[C@@H](CC=O)[C@H](C)N(Cc1ccccc1)Cc1ccccc1. The van der Waals surface area contributed by atoms with Crippen LogP contribution in [0.15, 0.2) is 73.3 Å². The van der Waals surface area contributed by atoms with E-state index in [1.54, 1.807) is 0 Å². The molecule has 0 saturated heterocycles. The van der Waals surface area contributed by atoms with Crippen molar-refractivity contribution in [2.24, 2.45) is 5.92 Å². The average Bonchev–Trinajstić information content (AvgIpc) is 2.60. The Balaban J connectivity index is 2.19. The molecule has 0 aliphatic carbocycles. The molecule has 120 valence electrons. The van der Waals surface area contributed by atoms with Crippen molar-refractivity contribution >= 4 is 6.29 Å². The first-order valence-corrected chi connectivity index (χ1v) is 8.12. The maximum atomic E-state index is 11.0. The molecule has 0 spiro atoms. The van der Waals surface area contributed by atoms with Crippen LogP contribution in [-0.2, 0) is 17.9 Å². The Labute approximate surface area is 139 Å². The van der Waals surface area contributed by atoms with Crippen LogP contribution in [-0.4, -0.2) is 17.2 Å². The third-order valence-corrected chi connectivity index (χ3v) is 4.32. The van der Waals surface area contributed by atoms with Gasteiger partial charge in [-0.3, -0.25) is 4.90 Å². The molecule has 2 aromatic carbocycles. The molecule has 0 unspecified atom stereocenters. The summed E-state index contributed by atoms with van der Waals surface area (Å²) in [5, 5.41) is 0. The van der Waals surface area contributed by atoms with Gasteiger partial charge >= 0.3 is 0 Å². The summed E-state index contributed by atoms with van der Waals surface area (Å²) in [4.78, 5) is 13.4. The Bertz CT molecular complexity index is 552. The monoisotopic (exact) mass is 307 g/mol. The van der Waals surface area contributed by atoms with Crippen LogP contribution in [0.25, 0.3) is 0 Å². The lowest BCUT2D eigenvalue weighted by Gasteiger charge is -2.33. The average molecular weight is 307 g/mol. The van der Waals surface area contributed by atoms with Gasteiger partial charge in [-0.15, -0.1) is 6.58 Å². The summed E-state index contributed by atoms with van der Waals surface area (Å²) in [6.07, 6.45) is 3.42. The van der Waals surface area contributed by atoms with Crippen molar-refractivity contribution in [1.29, 1.82) is 0 Å². The maximum Gasteiger partial charge on any atom is 0.120 e. The molecule has 0 aromatic heterocycles. The van der Waals surface area contributed by atoms with Crippen molar-refractivity contribution in [3.63, 3.8) is 0 Å². The van der Waals surface area contributed by atoms with Crippen LogP contribution in [0.4, 0.5) is 0 Å². The van der Waals surface area contributed by atoms with E-state index >= 15 is 0 Å². The molecule has 0 aliphatic rings. The molecular formula is C21H25NO. The van der Waals surface area contributed by atoms with Gasteiger partial charge in [-0.2, -0.15) is 0 Å². The topological polar surface area (TPSA) is 20.3 Å². The van der Waals surface area contributed by atoms with Crippen LogP contribution in [0.1, 0.15) is 24.5 Å². The van der Waals surface area contributed by atoms with Crippen LogP contribution < -0.4 is 0 Å². The lowest BCUT2D eigenvalue weighted by molar-refractivity contribution is -0.108. The molecule has 2 nitrogen and oxygen atoms in total.